The predicted molar refractivity (Wildman–Crippen MR) is 267 cm³/mol. The minimum absolute atomic E-state index is 0.00301. The van der Waals surface area contributed by atoms with Crippen LogP contribution in [0.25, 0.3) is 22.3 Å². The van der Waals surface area contributed by atoms with E-state index in [0.29, 0.717) is 75.0 Å². The number of hydrogen-bond donors (Lipinski definition) is 8. The van der Waals surface area contributed by atoms with Crippen molar-refractivity contribution in [3.63, 3.8) is 0 Å². The van der Waals surface area contributed by atoms with Gasteiger partial charge in [-0.1, -0.05) is 13.5 Å². The normalized spacial score (nSPS) is 14.3. The van der Waals surface area contributed by atoms with Gasteiger partial charge in [0.1, 0.15) is 18.1 Å². The van der Waals surface area contributed by atoms with Crippen molar-refractivity contribution in [3.05, 3.63) is 86.1 Å². The van der Waals surface area contributed by atoms with E-state index in [0.717, 1.165) is 47.4 Å². The maximum atomic E-state index is 14.8. The van der Waals surface area contributed by atoms with Crippen LogP contribution in [0.3, 0.4) is 0 Å². The van der Waals surface area contributed by atoms with Crippen LogP contribution in [0.2, 0.25) is 3.98 Å². The number of nitrogens with one attached hydrogen (secondary N) is 4. The molecule has 3 atom stereocenters. The Morgan fingerprint density at radius 3 is 2.26 bits per heavy atom. The van der Waals surface area contributed by atoms with E-state index in [1.54, 1.807) is 18.3 Å². The van der Waals surface area contributed by atoms with Gasteiger partial charge in [0, 0.05) is 72.9 Å². The second-order valence-corrected chi connectivity index (χ2v) is 18.3. The Labute approximate surface area is 449 Å². The van der Waals surface area contributed by atoms with Crippen molar-refractivity contribution in [1.82, 2.24) is 35.7 Å². The summed E-state index contributed by atoms with van der Waals surface area (Å²) in [5.41, 5.74) is 17.0. The van der Waals surface area contributed by atoms with E-state index in [2.05, 4.69) is 39.0 Å². The summed E-state index contributed by atoms with van der Waals surface area (Å²) >= 11 is 1.14. The molecule has 3 unspecified atom stereocenters. The molecule has 0 bridgehead atoms. The summed E-state index contributed by atoms with van der Waals surface area (Å²) < 4.78 is 67.8. The quantitative estimate of drug-likeness (QED) is 0.0133. The number of methoxy groups -OCH3 is 1. The number of hydrogen-bond acceptors (Lipinski definition) is 15. The van der Waals surface area contributed by atoms with Gasteiger partial charge in [0.15, 0.2) is 0 Å². The number of carboxylic acid groups (broad SMARTS) is 1. The van der Waals surface area contributed by atoms with Gasteiger partial charge in [0.25, 0.3) is 11.5 Å². The maximum absolute atomic E-state index is 14.8. The number of rotatable bonds is 22. The Kier molecular flexibility index (Phi) is 28.0. The second kappa shape index (κ2) is 32.6. The van der Waals surface area contributed by atoms with Crippen molar-refractivity contribution in [2.45, 2.75) is 93.8 Å². The summed E-state index contributed by atoms with van der Waals surface area (Å²) in [4.78, 5) is 114. The fraction of sp³-hybridized carbons (Fsp3) is 0.438. The molecule has 2 aromatic heterocycles. The third kappa shape index (κ3) is 18.8. The van der Waals surface area contributed by atoms with Gasteiger partial charge < -0.3 is 47.0 Å². The molecule has 4 heterocycles. The number of amides is 6. The Morgan fingerprint density at radius 2 is 1.72 bits per heavy atom. The van der Waals surface area contributed by atoms with Crippen molar-refractivity contribution >= 4 is 91.7 Å². The zero-order chi connectivity index (χ0) is 57.3. The fourth-order valence-corrected chi connectivity index (χ4v) is 8.85. The zero-order valence-electron chi connectivity index (χ0n) is 41.9. The number of carbonyl (C=O) groups is 9. The zero-order valence-corrected chi connectivity index (χ0v) is 45.8. The van der Waals surface area contributed by atoms with Crippen molar-refractivity contribution in [1.29, 1.82) is 0 Å². The first-order chi connectivity index (χ1) is 36.0. The van der Waals surface area contributed by atoms with E-state index in [1.807, 2.05) is 6.92 Å². The molecule has 0 saturated carbocycles. The number of primary amides is 3. The number of aromatic nitrogens is 2. The van der Waals surface area contributed by atoms with Gasteiger partial charge in [-0.05, 0) is 60.6 Å². The molecule has 413 valence electrons. The number of allylic oxidation sites excluding steroid dienone is 1. The number of aryl methyl sites for hydroxylation is 1. The molecule has 0 saturated heterocycles. The molecule has 2 aliphatic heterocycles. The molecule has 3 aliphatic rings. The number of fused-ring (bicyclic) bond motifs is 4. The van der Waals surface area contributed by atoms with E-state index in [-0.39, 0.29) is 95.2 Å². The Hall–Kier alpha value is -6.83. The first-order valence-electron chi connectivity index (χ1n) is 23.2. The number of aliphatic carboxylic acids is 1. The van der Waals surface area contributed by atoms with Crippen LogP contribution in [0.5, 0.6) is 0 Å². The first kappa shape index (κ1) is 65.3. The molecule has 6 amide bonds. The van der Waals surface area contributed by atoms with Crippen LogP contribution in [0.15, 0.2) is 41.4 Å². The van der Waals surface area contributed by atoms with Crippen LogP contribution in [0.4, 0.5) is 17.6 Å². The number of carbonyl (C=O) groups excluding carboxylic acids is 8. The Bertz CT molecular complexity index is 2660. The SMILES string of the molecule is C=C1C=CC(=O)N1C(CNCC(=O)O)C(=O)NCCC(N)=O.CCC(C=O)c1cc2n(c(=O)c1COC)Cc1c-2nc2cc(F)c(C)c3c2c1C(NC(F)(F)F)CC3.NC=O.NC=O.O=CCOCNC(=O)CC[CH2][Pb]. The van der Waals surface area contributed by atoms with Crippen molar-refractivity contribution in [2.75, 3.05) is 40.1 Å². The fourth-order valence-electron chi connectivity index (χ4n) is 8.16. The van der Waals surface area contributed by atoms with E-state index in [9.17, 15) is 55.9 Å². The van der Waals surface area contributed by atoms with Crippen LogP contribution in [-0.2, 0) is 72.2 Å². The van der Waals surface area contributed by atoms with Crippen LogP contribution >= 0.6 is 0 Å². The van der Waals surface area contributed by atoms with Gasteiger partial charge in [-0.25, -0.2) is 14.7 Å². The molecule has 23 nitrogen and oxygen atoms in total. The summed E-state index contributed by atoms with van der Waals surface area (Å²) in [7, 11) is 1.45. The third-order valence-corrected chi connectivity index (χ3v) is 12.8. The standard InChI is InChI=1S/C26H25F4N3O3.C13H18N4O5.C7H12NO3.2CH3NO.Pb/c1-4-13(10-34)15-7-21-24-16(9-33(21)25(35)17(15)11-36-3)23-19(32-26(28,29)30)6-5-14-12(2)18(27)8-20(31-24)22(14)23;1-8-2-3-11(19)17(8)9(6-15-7-12(20)21)13(22)16-5-4-10(14)18;1-2-3-7(10)8-6-11-5-4-9;2*2-1-3;/h7-8,10,13,19,32H,4-6,9,11H2,1-3H3;2-3,9,15H,1,4-7H2,(H2,14,18)(H,16,22)(H,20,21);4H,1-3,5-6H2,(H,8,10);2*1H,(H2,2,3);. The molecular formula is C48H61F4N10O13Pb. The van der Waals surface area contributed by atoms with Crippen LogP contribution < -0.4 is 44.0 Å². The molecule has 1 aliphatic carbocycles. The number of pyridine rings is 2. The van der Waals surface area contributed by atoms with Crippen molar-refractivity contribution in [2.24, 2.45) is 17.2 Å². The summed E-state index contributed by atoms with van der Waals surface area (Å²) in [6, 6.07) is 0.913. The van der Waals surface area contributed by atoms with E-state index in [4.69, 9.17) is 29.9 Å². The molecular weight excluding hydrogens is 1210 g/mol. The number of alkyl halides is 3. The average Bonchev–Trinajstić information content (AvgIpc) is 3.90. The average molecular weight is 1270 g/mol. The monoisotopic (exact) mass is 1270 g/mol. The number of benzene rings is 1. The van der Waals surface area contributed by atoms with E-state index >= 15 is 0 Å². The van der Waals surface area contributed by atoms with E-state index < -0.39 is 53.8 Å². The number of ether oxygens (including phenoxy) is 2. The van der Waals surface area contributed by atoms with Gasteiger partial charge in [0.2, 0.25) is 24.6 Å². The summed E-state index contributed by atoms with van der Waals surface area (Å²) in [5.74, 6) is -3.63. The molecule has 0 spiro atoms. The molecule has 1 aromatic carbocycles. The predicted octanol–water partition coefficient (Wildman–Crippen LogP) is 0.587. The first-order valence-corrected chi connectivity index (χ1v) is 25.9. The topological polar surface area (TPSA) is 357 Å². The summed E-state index contributed by atoms with van der Waals surface area (Å²) in [6.45, 7) is 6.91. The molecule has 76 heavy (non-hydrogen) atoms. The van der Waals surface area contributed by atoms with Gasteiger partial charge in [0.05, 0.1) is 36.6 Å². The van der Waals surface area contributed by atoms with Crippen LogP contribution in [0, 0.1) is 12.7 Å². The van der Waals surface area contributed by atoms with Gasteiger partial charge >= 0.3 is 100 Å². The Balaban J connectivity index is 0.000000419. The van der Waals surface area contributed by atoms with Crippen molar-refractivity contribution < 1.29 is 75.3 Å². The van der Waals surface area contributed by atoms with Crippen LogP contribution in [0.1, 0.15) is 84.4 Å². The number of carboxylic acids is 1. The number of nitrogens with two attached hydrogens (primary N) is 3. The Morgan fingerprint density at radius 1 is 1.05 bits per heavy atom. The molecule has 0 fully saturated rings. The third-order valence-electron chi connectivity index (χ3n) is 11.4. The summed E-state index contributed by atoms with van der Waals surface area (Å²) in [5, 5.41) is 18.5. The van der Waals surface area contributed by atoms with Crippen molar-refractivity contribution in [3.8, 4) is 11.4 Å². The molecule has 3 aromatic rings. The molecule has 28 heteroatoms. The summed E-state index contributed by atoms with van der Waals surface area (Å²) in [6.07, 6.45) is 2.36. The van der Waals surface area contributed by atoms with Gasteiger partial charge in [-0.15, -0.1) is 0 Å². The number of nitrogens with zero attached hydrogens (tertiary/aromatic N) is 3. The molecule has 6 rings (SSSR count). The van der Waals surface area contributed by atoms with Crippen LogP contribution in [-0.4, -0.2) is 153 Å². The molecule has 11 N–H and O–H groups in total. The molecule has 3 radical (unpaired) electrons. The number of halogens is 4. The van der Waals surface area contributed by atoms with Gasteiger partial charge in [-0.3, -0.25) is 38.5 Å². The minimum atomic E-state index is -4.63. The van der Waals surface area contributed by atoms with E-state index in [1.165, 1.54) is 29.9 Å². The van der Waals surface area contributed by atoms with Gasteiger partial charge in [-0.2, -0.15) is 13.2 Å². The second-order valence-electron chi connectivity index (χ2n) is 16.4. The number of aldehydes is 2.